The van der Waals surface area contributed by atoms with Crippen molar-refractivity contribution in [1.29, 1.82) is 0 Å². The lowest BCUT2D eigenvalue weighted by molar-refractivity contribution is 0.206. The Kier molecular flexibility index (Phi) is 23.3. The van der Waals surface area contributed by atoms with Crippen molar-refractivity contribution in [2.75, 3.05) is 13.2 Å². The van der Waals surface area contributed by atoms with Gasteiger partial charge in [-0.25, -0.2) is 0 Å². The Morgan fingerprint density at radius 1 is 0.520 bits per heavy atom. The van der Waals surface area contributed by atoms with E-state index < -0.39 is 0 Å². The quantitative estimate of drug-likeness (QED) is 0.0376. The van der Waals surface area contributed by atoms with Gasteiger partial charge in [-0.3, -0.25) is 0 Å². The third-order valence-corrected chi connectivity index (χ3v) is 12.1. The Balaban J connectivity index is 1.54. The van der Waals surface area contributed by atoms with E-state index in [1.165, 1.54) is 149 Å². The zero-order chi connectivity index (χ0) is 35.5. The summed E-state index contributed by atoms with van der Waals surface area (Å²) in [6, 6.07) is 17.5. The molecule has 0 radical (unpaired) electrons. The highest BCUT2D eigenvalue weighted by atomic mass is 32.9. The second kappa shape index (κ2) is 27.5. The Bertz CT molecular complexity index is 1240. The lowest BCUT2D eigenvalue weighted by Crippen LogP contribution is -2.11. The molecule has 50 heavy (non-hydrogen) atoms. The summed E-state index contributed by atoms with van der Waals surface area (Å²) in [5, 5.41) is 0. The Hall–Kier alpha value is -2.11. The molecule has 3 aromatic rings. The molecule has 2 aromatic carbocycles. The predicted molar refractivity (Wildman–Crippen MR) is 222 cm³/mol. The fraction of sp³-hybridized carbons (Fsp3) is 0.667. The lowest BCUT2D eigenvalue weighted by atomic mass is 10.1. The van der Waals surface area contributed by atoms with E-state index >= 15 is 0 Å². The number of ether oxygens (including phenoxy) is 3. The molecule has 280 valence electrons. The first kappa shape index (κ1) is 42.3. The van der Waals surface area contributed by atoms with E-state index in [-0.39, 0.29) is 6.10 Å². The van der Waals surface area contributed by atoms with Crippen molar-refractivity contribution in [2.24, 2.45) is 0 Å². The molecule has 0 bridgehead atoms. The van der Waals surface area contributed by atoms with E-state index in [0.29, 0.717) is 0 Å². The van der Waals surface area contributed by atoms with Crippen LogP contribution in [0.3, 0.4) is 0 Å². The lowest BCUT2D eigenvalue weighted by Gasteiger charge is -2.14. The van der Waals surface area contributed by atoms with Gasteiger partial charge in [0, 0.05) is 11.6 Å². The topological polar surface area (TPSA) is 27.7 Å². The third-order valence-electron chi connectivity index (χ3n) is 9.66. The van der Waals surface area contributed by atoms with Crippen LogP contribution in [0, 0.1) is 0 Å². The Morgan fingerprint density at radius 3 is 1.56 bits per heavy atom. The van der Waals surface area contributed by atoms with E-state index in [1.807, 2.05) is 20.7 Å². The van der Waals surface area contributed by atoms with E-state index in [0.717, 1.165) is 49.7 Å². The fourth-order valence-corrected chi connectivity index (χ4v) is 8.90. The van der Waals surface area contributed by atoms with Crippen LogP contribution < -0.4 is 14.2 Å². The highest BCUT2D eigenvalue weighted by molar-refractivity contribution is 7.72. The van der Waals surface area contributed by atoms with E-state index in [4.69, 9.17) is 14.2 Å². The van der Waals surface area contributed by atoms with E-state index in [2.05, 4.69) is 76.2 Å². The molecule has 3 rings (SSSR count). The zero-order valence-corrected chi connectivity index (χ0v) is 34.0. The van der Waals surface area contributed by atoms with Crippen molar-refractivity contribution in [1.82, 2.24) is 0 Å². The average Bonchev–Trinajstić information content (AvgIpc) is 3.63. The smallest absolute Gasteiger partial charge is 0.301 e. The monoisotopic (exact) mass is 723 g/mol. The van der Waals surface area contributed by atoms with Crippen molar-refractivity contribution in [3.8, 4) is 38.1 Å². The highest BCUT2D eigenvalue weighted by Crippen LogP contribution is 2.41. The molecule has 0 amide bonds. The van der Waals surface area contributed by atoms with Crippen molar-refractivity contribution in [3.63, 3.8) is 0 Å². The molecule has 1 heterocycles. The molecular formula is C45H71O3S2+. The molecule has 1 unspecified atom stereocenters. The molecular weight excluding hydrogens is 653 g/mol. The van der Waals surface area contributed by atoms with Crippen LogP contribution in [-0.4, -0.2) is 19.3 Å². The molecule has 1 atom stereocenters. The number of benzene rings is 2. The molecule has 0 saturated heterocycles. The largest absolute Gasteiger partial charge is 0.491 e. The van der Waals surface area contributed by atoms with Crippen LogP contribution in [0.5, 0.6) is 17.2 Å². The molecule has 1 aromatic heterocycles. The first-order valence-corrected chi connectivity index (χ1v) is 22.9. The van der Waals surface area contributed by atoms with Gasteiger partial charge < -0.3 is 14.2 Å². The summed E-state index contributed by atoms with van der Waals surface area (Å²) >= 11 is 0. The molecule has 0 saturated carbocycles. The summed E-state index contributed by atoms with van der Waals surface area (Å²) < 4.78 is 19.0. The minimum absolute atomic E-state index is 0.252. The highest BCUT2D eigenvalue weighted by Gasteiger charge is 2.20. The molecule has 3 nitrogen and oxygen atoms in total. The van der Waals surface area contributed by atoms with Gasteiger partial charge in [0.1, 0.15) is 5.75 Å². The van der Waals surface area contributed by atoms with E-state index in [1.54, 1.807) is 0 Å². The van der Waals surface area contributed by atoms with Crippen LogP contribution in [-0.2, 0) is 0 Å². The first-order valence-electron chi connectivity index (χ1n) is 20.7. The minimum Gasteiger partial charge on any atom is -0.491 e. The molecule has 0 aliphatic rings. The number of hydrogen-bond acceptors (Lipinski definition) is 4. The summed E-state index contributed by atoms with van der Waals surface area (Å²) in [6.45, 7) is 10.5. The van der Waals surface area contributed by atoms with E-state index in [9.17, 15) is 0 Å². The summed E-state index contributed by atoms with van der Waals surface area (Å²) in [7, 11) is 3.67. The molecule has 0 aliphatic heterocycles. The van der Waals surface area contributed by atoms with Gasteiger partial charge in [-0.1, -0.05) is 143 Å². The van der Waals surface area contributed by atoms with Gasteiger partial charge >= 0.3 is 10.3 Å². The van der Waals surface area contributed by atoms with Crippen LogP contribution in [0.4, 0.5) is 0 Å². The van der Waals surface area contributed by atoms with Gasteiger partial charge in [0.05, 0.1) is 24.2 Å². The van der Waals surface area contributed by atoms with Gasteiger partial charge in [0.15, 0.2) is 21.8 Å². The molecule has 0 spiro atoms. The number of hydrogen-bond donors (Lipinski definition) is 0. The summed E-state index contributed by atoms with van der Waals surface area (Å²) in [4.78, 5) is 2.55. The standard InChI is InChI=1S/C45H71O3S2/c1-5-8-11-14-16-18-20-22-25-34-46-42-33-30-40(36-43(42)47-35-26-23-21-19-17-15-12-9-6-2)45-37-44(49-50-45)39-28-31-41(32-29-39)48-38(4)27-24-13-10-7-3/h28-33,36-38H,5-27,34-35H2,1-4H3/q+1. The SMILES string of the molecule is CCCCCCCCCCCOc1ccc(-c2cc(-c3ccc(OC(C)CCCCCC)cc3)s[s+]2)cc1OCCCCCCCCCCC. The number of unbranched alkanes of at least 4 members (excludes halogenated alkanes) is 19. The zero-order valence-electron chi connectivity index (χ0n) is 32.4. The second-order valence-corrected chi connectivity index (χ2v) is 16.6. The third kappa shape index (κ3) is 17.9. The Labute approximate surface area is 315 Å². The normalized spacial score (nSPS) is 11.9. The summed E-state index contributed by atoms with van der Waals surface area (Å²) in [5.41, 5.74) is 2.44. The van der Waals surface area contributed by atoms with Crippen LogP contribution in [0.25, 0.3) is 20.9 Å². The van der Waals surface area contributed by atoms with Crippen LogP contribution in [0.1, 0.15) is 175 Å². The van der Waals surface area contributed by atoms with Gasteiger partial charge in [0.2, 0.25) is 0 Å². The molecule has 5 heteroatoms. The number of rotatable bonds is 31. The van der Waals surface area contributed by atoms with Gasteiger partial charge in [-0.2, -0.15) is 0 Å². The molecule has 0 aliphatic carbocycles. The summed E-state index contributed by atoms with van der Waals surface area (Å²) in [6.07, 6.45) is 30.2. The van der Waals surface area contributed by atoms with Gasteiger partial charge in [0.25, 0.3) is 4.88 Å². The predicted octanol–water partition coefficient (Wildman–Crippen LogP) is 16.0. The van der Waals surface area contributed by atoms with Crippen LogP contribution in [0.15, 0.2) is 48.5 Å². The van der Waals surface area contributed by atoms with Gasteiger partial charge in [-0.05, 0) is 80.6 Å². The minimum atomic E-state index is 0.252. The van der Waals surface area contributed by atoms with Crippen molar-refractivity contribution < 1.29 is 14.2 Å². The first-order chi connectivity index (χ1) is 24.6. The van der Waals surface area contributed by atoms with Crippen molar-refractivity contribution >= 4 is 20.7 Å². The van der Waals surface area contributed by atoms with Gasteiger partial charge in [-0.15, -0.1) is 0 Å². The molecule has 0 fully saturated rings. The summed E-state index contributed by atoms with van der Waals surface area (Å²) in [5.74, 6) is 2.74. The second-order valence-electron chi connectivity index (χ2n) is 14.4. The average molecular weight is 724 g/mol. The van der Waals surface area contributed by atoms with Crippen molar-refractivity contribution in [2.45, 2.75) is 181 Å². The van der Waals surface area contributed by atoms with Crippen LogP contribution in [0.2, 0.25) is 0 Å². The maximum atomic E-state index is 6.44. The van der Waals surface area contributed by atoms with Crippen molar-refractivity contribution in [3.05, 3.63) is 48.5 Å². The van der Waals surface area contributed by atoms with Crippen LogP contribution >= 0.6 is 20.7 Å². The molecule has 0 N–H and O–H groups in total. The maximum Gasteiger partial charge on any atom is 0.301 e. The maximum absolute atomic E-state index is 6.44. The Morgan fingerprint density at radius 2 is 1.00 bits per heavy atom. The fourth-order valence-electron chi connectivity index (χ4n) is 6.45.